The second-order valence-electron chi connectivity index (χ2n) is 2.93. The van der Waals surface area contributed by atoms with Crippen LogP contribution < -0.4 is 0 Å². The van der Waals surface area contributed by atoms with Gasteiger partial charge in [0.2, 0.25) is 0 Å². The summed E-state index contributed by atoms with van der Waals surface area (Å²) in [5.74, 6) is 0. The molecule has 3 nitrogen and oxygen atoms in total. The SMILES string of the molecule is [2H]C(C)(C)n1nc2ccccc2n1. The molecule has 0 saturated carbocycles. The Morgan fingerprint density at radius 1 is 1.25 bits per heavy atom. The van der Waals surface area contributed by atoms with Crippen LogP contribution in [0.25, 0.3) is 11.0 Å². The van der Waals surface area contributed by atoms with Crippen LogP contribution in [0.5, 0.6) is 0 Å². The van der Waals surface area contributed by atoms with Crippen LogP contribution in [-0.2, 0) is 0 Å². The molecule has 0 aliphatic rings. The molecule has 0 N–H and O–H groups in total. The summed E-state index contributed by atoms with van der Waals surface area (Å²) in [4.78, 5) is 1.43. The van der Waals surface area contributed by atoms with Gasteiger partial charge in [-0.15, -0.1) is 0 Å². The lowest BCUT2D eigenvalue weighted by molar-refractivity contribution is 0.472. The third-order valence-electron chi connectivity index (χ3n) is 1.69. The van der Waals surface area contributed by atoms with Crippen LogP contribution in [0.15, 0.2) is 24.3 Å². The highest BCUT2D eigenvalue weighted by Gasteiger charge is 2.02. The van der Waals surface area contributed by atoms with Gasteiger partial charge < -0.3 is 0 Å². The van der Waals surface area contributed by atoms with Crippen molar-refractivity contribution in [1.29, 1.82) is 0 Å². The number of hydrogen-bond acceptors (Lipinski definition) is 2. The van der Waals surface area contributed by atoms with Gasteiger partial charge in [0.1, 0.15) is 11.0 Å². The summed E-state index contributed by atoms with van der Waals surface area (Å²) in [5, 5.41) is 8.40. The Kier molecular flexibility index (Phi) is 1.33. The van der Waals surface area contributed by atoms with Crippen molar-refractivity contribution in [2.75, 3.05) is 0 Å². The van der Waals surface area contributed by atoms with Gasteiger partial charge in [-0.1, -0.05) is 12.1 Å². The van der Waals surface area contributed by atoms with Crippen LogP contribution in [0.4, 0.5) is 0 Å². The van der Waals surface area contributed by atoms with Gasteiger partial charge in [-0.05, 0) is 26.0 Å². The van der Waals surface area contributed by atoms with Crippen molar-refractivity contribution in [3.05, 3.63) is 24.3 Å². The van der Waals surface area contributed by atoms with Crippen molar-refractivity contribution in [3.63, 3.8) is 0 Å². The average Bonchev–Trinajstić information content (AvgIpc) is 2.45. The molecule has 2 aromatic rings. The predicted molar refractivity (Wildman–Crippen MR) is 47.9 cm³/mol. The Hall–Kier alpha value is -1.38. The molecule has 0 bridgehead atoms. The lowest BCUT2D eigenvalue weighted by Gasteiger charge is -1.99. The van der Waals surface area contributed by atoms with Gasteiger partial charge in [0.15, 0.2) is 0 Å². The van der Waals surface area contributed by atoms with E-state index in [1.54, 1.807) is 13.8 Å². The molecule has 2 rings (SSSR count). The van der Waals surface area contributed by atoms with Crippen LogP contribution in [0.3, 0.4) is 0 Å². The summed E-state index contributed by atoms with van der Waals surface area (Å²) in [5.41, 5.74) is 1.67. The van der Waals surface area contributed by atoms with Gasteiger partial charge in [-0.25, -0.2) is 0 Å². The fourth-order valence-corrected chi connectivity index (χ4v) is 1.06. The van der Waals surface area contributed by atoms with E-state index in [2.05, 4.69) is 10.2 Å². The highest BCUT2D eigenvalue weighted by atomic mass is 15.5. The summed E-state index contributed by atoms with van der Waals surface area (Å²) in [7, 11) is 0. The van der Waals surface area contributed by atoms with Crippen molar-refractivity contribution in [3.8, 4) is 0 Å². The quantitative estimate of drug-likeness (QED) is 0.642. The van der Waals surface area contributed by atoms with E-state index in [0.717, 1.165) is 11.0 Å². The van der Waals surface area contributed by atoms with Gasteiger partial charge in [0.25, 0.3) is 0 Å². The molecule has 0 aliphatic heterocycles. The zero-order valence-electron chi connectivity index (χ0n) is 8.15. The number of benzene rings is 1. The molecule has 1 heterocycles. The van der Waals surface area contributed by atoms with Crippen LogP contribution in [0.2, 0.25) is 0 Å². The fourth-order valence-electron chi connectivity index (χ4n) is 1.06. The van der Waals surface area contributed by atoms with Gasteiger partial charge >= 0.3 is 0 Å². The molecule has 12 heavy (non-hydrogen) atoms. The van der Waals surface area contributed by atoms with Gasteiger partial charge in [0, 0.05) is 0 Å². The number of rotatable bonds is 1. The molecule has 0 fully saturated rings. The Labute approximate surface area is 72.4 Å². The molecule has 3 heteroatoms. The maximum absolute atomic E-state index is 7.74. The van der Waals surface area contributed by atoms with E-state index in [9.17, 15) is 0 Å². The Bertz CT molecular complexity index is 395. The first kappa shape index (κ1) is 6.17. The standard InChI is InChI=1S/C9H11N3/c1-7(2)12-10-8-5-3-4-6-9(8)11-12/h3-7H,1-2H3/i7D. The van der Waals surface area contributed by atoms with E-state index in [1.807, 2.05) is 24.3 Å². The Morgan fingerprint density at radius 3 is 2.17 bits per heavy atom. The number of hydrogen-bond donors (Lipinski definition) is 0. The lowest BCUT2D eigenvalue weighted by Crippen LogP contribution is -2.03. The third-order valence-corrected chi connectivity index (χ3v) is 1.69. The highest BCUT2D eigenvalue weighted by Crippen LogP contribution is 2.09. The first-order valence-electron chi connectivity index (χ1n) is 4.40. The molecule has 1 aromatic heterocycles. The van der Waals surface area contributed by atoms with Crippen molar-refractivity contribution in [2.24, 2.45) is 0 Å². The second-order valence-corrected chi connectivity index (χ2v) is 2.93. The molecule has 0 spiro atoms. The molecule has 0 radical (unpaired) electrons. The van der Waals surface area contributed by atoms with Crippen molar-refractivity contribution >= 4 is 11.0 Å². The molecular weight excluding hydrogens is 150 g/mol. The summed E-state index contributed by atoms with van der Waals surface area (Å²) >= 11 is 0. The fraction of sp³-hybridized carbons (Fsp3) is 0.333. The molecule has 1 aromatic carbocycles. The smallest absolute Gasteiger partial charge is 0.113 e. The van der Waals surface area contributed by atoms with E-state index in [-0.39, 0.29) is 0 Å². The maximum Gasteiger partial charge on any atom is 0.113 e. The largest absolute Gasteiger partial charge is 0.181 e. The lowest BCUT2D eigenvalue weighted by atomic mass is 10.3. The number of nitrogens with zero attached hydrogens (tertiary/aromatic N) is 3. The normalized spacial score (nSPS) is 13.3. The van der Waals surface area contributed by atoms with E-state index in [0.29, 0.717) is 0 Å². The van der Waals surface area contributed by atoms with Crippen molar-refractivity contribution in [2.45, 2.75) is 19.9 Å². The molecule has 0 saturated heterocycles. The van der Waals surface area contributed by atoms with Crippen molar-refractivity contribution in [1.82, 2.24) is 15.0 Å². The van der Waals surface area contributed by atoms with Gasteiger partial charge in [-0.3, -0.25) is 0 Å². The van der Waals surface area contributed by atoms with Crippen molar-refractivity contribution < 1.29 is 1.37 Å². The molecule has 0 amide bonds. The third kappa shape index (κ3) is 1.07. The summed E-state index contributed by atoms with van der Waals surface area (Å²) < 4.78 is 7.74. The second kappa shape index (κ2) is 2.59. The molecule has 0 unspecified atom stereocenters. The topological polar surface area (TPSA) is 30.7 Å². The van der Waals surface area contributed by atoms with Crippen LogP contribution in [0, 0.1) is 0 Å². The zero-order chi connectivity index (χ0) is 9.47. The van der Waals surface area contributed by atoms with Crippen LogP contribution in [-0.4, -0.2) is 15.0 Å². The minimum absolute atomic E-state index is 0.793. The Morgan fingerprint density at radius 2 is 1.75 bits per heavy atom. The minimum atomic E-state index is -0.793. The maximum atomic E-state index is 7.74. The van der Waals surface area contributed by atoms with E-state index >= 15 is 0 Å². The minimum Gasteiger partial charge on any atom is -0.181 e. The number of fused-ring (bicyclic) bond motifs is 1. The highest BCUT2D eigenvalue weighted by molar-refractivity contribution is 5.72. The summed E-state index contributed by atoms with van der Waals surface area (Å²) in [6.45, 7) is 3.51. The predicted octanol–water partition coefficient (Wildman–Crippen LogP) is 2.01. The van der Waals surface area contributed by atoms with Crippen LogP contribution >= 0.6 is 0 Å². The van der Waals surface area contributed by atoms with Gasteiger partial charge in [0.05, 0.1) is 7.39 Å². The average molecular weight is 162 g/mol. The van der Waals surface area contributed by atoms with Gasteiger partial charge in [-0.2, -0.15) is 15.0 Å². The van der Waals surface area contributed by atoms with E-state index < -0.39 is 6.02 Å². The first-order valence-corrected chi connectivity index (χ1v) is 3.90. The summed E-state index contributed by atoms with van der Waals surface area (Å²) in [6, 6.07) is 6.82. The Balaban J connectivity index is 2.63. The monoisotopic (exact) mass is 162 g/mol. The summed E-state index contributed by atoms with van der Waals surface area (Å²) in [6.07, 6.45) is 0. The molecule has 0 atom stereocenters. The molecular formula is C9H11N3. The molecule has 62 valence electrons. The van der Waals surface area contributed by atoms with Crippen LogP contribution in [0.1, 0.15) is 21.2 Å². The number of aromatic nitrogens is 3. The first-order chi connectivity index (χ1) is 6.07. The zero-order valence-corrected chi connectivity index (χ0v) is 7.15. The van der Waals surface area contributed by atoms with E-state index in [4.69, 9.17) is 1.37 Å². The van der Waals surface area contributed by atoms with E-state index in [1.165, 1.54) is 4.80 Å². The molecule has 0 aliphatic carbocycles.